The molecule has 0 saturated carbocycles. The molecule has 0 unspecified atom stereocenters. The molecule has 0 atom stereocenters. The molecule has 0 saturated heterocycles. The van der Waals surface area contributed by atoms with Gasteiger partial charge < -0.3 is 4.52 Å². The van der Waals surface area contributed by atoms with Crippen molar-refractivity contribution in [3.8, 4) is 11.4 Å². The molecule has 0 radical (unpaired) electrons. The third kappa shape index (κ3) is 4.57. The van der Waals surface area contributed by atoms with Crippen molar-refractivity contribution in [1.29, 1.82) is 0 Å². The zero-order valence-electron chi connectivity index (χ0n) is 14.4. The predicted octanol–water partition coefficient (Wildman–Crippen LogP) is 3.77. The lowest BCUT2D eigenvalue weighted by molar-refractivity contribution is 0.336. The van der Waals surface area contributed by atoms with E-state index in [2.05, 4.69) is 26.1 Å². The smallest absolute Gasteiger partial charge is 0.242 e. The van der Waals surface area contributed by atoms with E-state index in [0.717, 1.165) is 21.2 Å². The highest BCUT2D eigenvalue weighted by Crippen LogP contribution is 2.21. The minimum Gasteiger partial charge on any atom is -0.338 e. The molecule has 0 bridgehead atoms. The quantitative estimate of drug-likeness (QED) is 0.588. The zero-order chi connectivity index (χ0) is 18.7. The van der Waals surface area contributed by atoms with Gasteiger partial charge in [0.15, 0.2) is 0 Å². The van der Waals surface area contributed by atoms with E-state index in [1.165, 1.54) is 11.4 Å². The van der Waals surface area contributed by atoms with Crippen LogP contribution in [0.2, 0.25) is 0 Å². The maximum absolute atomic E-state index is 12.6. The molecule has 8 heteroatoms. The number of nitrogens with zero attached hydrogens (tertiary/aromatic N) is 3. The van der Waals surface area contributed by atoms with Crippen molar-refractivity contribution in [3.63, 3.8) is 0 Å². The number of rotatable bonds is 6. The largest absolute Gasteiger partial charge is 0.338 e. The third-order valence-electron chi connectivity index (χ3n) is 3.82. The average molecular weight is 436 g/mol. The Hall–Kier alpha value is -2.03. The summed E-state index contributed by atoms with van der Waals surface area (Å²) in [5.41, 5.74) is 2.56. The zero-order valence-corrected chi connectivity index (χ0v) is 16.8. The SMILES string of the molecule is Cc1cccc(CS(=O)(=O)N(C)Cc2nc(-c3cccc(Br)c3)no2)c1. The lowest BCUT2D eigenvalue weighted by Crippen LogP contribution is -2.27. The molecule has 2 aromatic carbocycles. The lowest BCUT2D eigenvalue weighted by Gasteiger charge is -2.15. The molecule has 1 aromatic heterocycles. The summed E-state index contributed by atoms with van der Waals surface area (Å²) in [7, 11) is -1.98. The Morgan fingerprint density at radius 1 is 1.15 bits per heavy atom. The van der Waals surface area contributed by atoms with Crippen LogP contribution in [-0.4, -0.2) is 29.9 Å². The summed E-state index contributed by atoms with van der Waals surface area (Å²) in [5.74, 6) is 0.596. The van der Waals surface area contributed by atoms with Gasteiger partial charge in [-0.15, -0.1) is 0 Å². The summed E-state index contributed by atoms with van der Waals surface area (Å²) in [4.78, 5) is 4.29. The van der Waals surface area contributed by atoms with Crippen molar-refractivity contribution in [2.45, 2.75) is 19.2 Å². The van der Waals surface area contributed by atoms with E-state index < -0.39 is 10.0 Å². The first-order valence-corrected chi connectivity index (χ1v) is 10.3. The average Bonchev–Trinajstić information content (AvgIpc) is 3.03. The van der Waals surface area contributed by atoms with Gasteiger partial charge in [0, 0.05) is 17.1 Å². The Morgan fingerprint density at radius 3 is 2.65 bits per heavy atom. The lowest BCUT2D eigenvalue weighted by atomic mass is 10.2. The van der Waals surface area contributed by atoms with Crippen LogP contribution in [0.5, 0.6) is 0 Å². The second-order valence-corrected chi connectivity index (χ2v) is 9.01. The summed E-state index contributed by atoms with van der Waals surface area (Å²) < 4.78 is 32.5. The standard InChI is InChI=1S/C18H18BrN3O3S/c1-13-5-3-6-14(9-13)12-26(23,24)22(2)11-17-20-18(21-25-17)15-7-4-8-16(19)10-15/h3-10H,11-12H2,1-2H3. The van der Waals surface area contributed by atoms with Crippen LogP contribution >= 0.6 is 15.9 Å². The molecule has 0 aliphatic heterocycles. The second kappa shape index (κ2) is 7.69. The van der Waals surface area contributed by atoms with E-state index in [4.69, 9.17) is 4.52 Å². The van der Waals surface area contributed by atoms with Gasteiger partial charge in [-0.05, 0) is 24.6 Å². The highest BCUT2D eigenvalue weighted by molar-refractivity contribution is 9.10. The fourth-order valence-corrected chi connectivity index (χ4v) is 4.00. The first-order valence-electron chi connectivity index (χ1n) is 7.91. The van der Waals surface area contributed by atoms with E-state index in [9.17, 15) is 8.42 Å². The van der Waals surface area contributed by atoms with Crippen LogP contribution < -0.4 is 0 Å². The van der Waals surface area contributed by atoms with Gasteiger partial charge in [-0.25, -0.2) is 8.42 Å². The topological polar surface area (TPSA) is 76.3 Å². The number of hydrogen-bond acceptors (Lipinski definition) is 5. The molecule has 136 valence electrons. The van der Waals surface area contributed by atoms with Crippen molar-refractivity contribution in [2.75, 3.05) is 7.05 Å². The summed E-state index contributed by atoms with van der Waals surface area (Å²) in [5, 5.41) is 3.93. The van der Waals surface area contributed by atoms with Crippen LogP contribution in [0.3, 0.4) is 0 Å². The van der Waals surface area contributed by atoms with Gasteiger partial charge in [-0.2, -0.15) is 9.29 Å². The predicted molar refractivity (Wildman–Crippen MR) is 103 cm³/mol. The number of sulfonamides is 1. The molecule has 0 spiro atoms. The van der Waals surface area contributed by atoms with Crippen molar-refractivity contribution in [1.82, 2.24) is 14.4 Å². The summed E-state index contributed by atoms with van der Waals surface area (Å²) >= 11 is 3.40. The monoisotopic (exact) mass is 435 g/mol. The highest BCUT2D eigenvalue weighted by Gasteiger charge is 2.21. The molecular weight excluding hydrogens is 418 g/mol. The number of benzene rings is 2. The van der Waals surface area contributed by atoms with Gasteiger partial charge >= 0.3 is 0 Å². The molecule has 26 heavy (non-hydrogen) atoms. The Bertz CT molecular complexity index is 1020. The van der Waals surface area contributed by atoms with Crippen LogP contribution in [0.25, 0.3) is 11.4 Å². The second-order valence-electron chi connectivity index (χ2n) is 6.02. The van der Waals surface area contributed by atoms with Crippen molar-refractivity contribution >= 4 is 26.0 Å². The Kier molecular flexibility index (Phi) is 5.55. The van der Waals surface area contributed by atoms with Crippen molar-refractivity contribution in [3.05, 3.63) is 70.0 Å². The summed E-state index contributed by atoms with van der Waals surface area (Å²) in [6, 6.07) is 14.9. The first kappa shape index (κ1) is 18.8. The Balaban J connectivity index is 1.72. The number of aryl methyl sites for hydroxylation is 1. The Labute approximate surface area is 161 Å². The van der Waals surface area contributed by atoms with Crippen LogP contribution in [-0.2, 0) is 22.3 Å². The molecular formula is C18H18BrN3O3S. The van der Waals surface area contributed by atoms with Crippen LogP contribution in [0.1, 0.15) is 17.0 Å². The molecule has 3 rings (SSSR count). The third-order valence-corrected chi connectivity index (χ3v) is 6.09. The molecule has 0 amide bonds. The maximum atomic E-state index is 12.6. The molecule has 3 aromatic rings. The van der Waals surface area contributed by atoms with Crippen molar-refractivity contribution < 1.29 is 12.9 Å². The molecule has 0 aliphatic rings. The van der Waals surface area contributed by atoms with Crippen LogP contribution in [0.15, 0.2) is 57.5 Å². The van der Waals surface area contributed by atoms with Gasteiger partial charge in [0.25, 0.3) is 0 Å². The number of halogens is 1. The summed E-state index contributed by atoms with van der Waals surface area (Å²) in [6.07, 6.45) is 0. The number of aromatic nitrogens is 2. The minimum atomic E-state index is -3.49. The van der Waals surface area contributed by atoms with Gasteiger partial charge in [0.2, 0.25) is 21.7 Å². The molecule has 0 aliphatic carbocycles. The fourth-order valence-electron chi connectivity index (χ4n) is 2.48. The van der Waals surface area contributed by atoms with Crippen LogP contribution in [0.4, 0.5) is 0 Å². The van der Waals surface area contributed by atoms with E-state index >= 15 is 0 Å². The van der Waals surface area contributed by atoms with Gasteiger partial charge in [0.1, 0.15) is 0 Å². The highest BCUT2D eigenvalue weighted by atomic mass is 79.9. The molecule has 0 N–H and O–H groups in total. The van der Waals surface area contributed by atoms with Gasteiger partial charge in [0.05, 0.1) is 12.3 Å². The fraction of sp³-hybridized carbons (Fsp3) is 0.222. The van der Waals surface area contributed by atoms with Gasteiger partial charge in [-0.3, -0.25) is 0 Å². The number of hydrogen-bond donors (Lipinski definition) is 0. The van der Waals surface area contributed by atoms with E-state index in [1.54, 1.807) is 6.07 Å². The van der Waals surface area contributed by atoms with E-state index in [0.29, 0.717) is 5.82 Å². The maximum Gasteiger partial charge on any atom is 0.242 e. The van der Waals surface area contributed by atoms with Gasteiger partial charge in [-0.1, -0.05) is 63.0 Å². The Morgan fingerprint density at radius 2 is 1.92 bits per heavy atom. The van der Waals surface area contributed by atoms with E-state index in [1.807, 2.05) is 49.4 Å². The van der Waals surface area contributed by atoms with Crippen LogP contribution in [0, 0.1) is 6.92 Å². The normalized spacial score (nSPS) is 11.8. The molecule has 0 fully saturated rings. The van der Waals surface area contributed by atoms with E-state index in [-0.39, 0.29) is 18.2 Å². The first-order chi connectivity index (χ1) is 12.3. The van der Waals surface area contributed by atoms with Crippen molar-refractivity contribution in [2.24, 2.45) is 0 Å². The molecule has 1 heterocycles. The molecule has 6 nitrogen and oxygen atoms in total. The summed E-state index contributed by atoms with van der Waals surface area (Å²) in [6.45, 7) is 1.96. The minimum absolute atomic E-state index is 0.0230.